The minimum Gasteiger partial charge on any atom is -0.493 e. The number of rotatable bonds is 16. The van der Waals surface area contributed by atoms with Gasteiger partial charge in [-0.05, 0) is 152 Å². The third-order valence-corrected chi connectivity index (χ3v) is 20.6. The maximum Gasteiger partial charge on any atom is 0.306 e. The Morgan fingerprint density at radius 1 is 0.780 bits per heavy atom. The van der Waals surface area contributed by atoms with E-state index in [9.17, 15) is 9.59 Å². The molecule has 4 fully saturated rings. The lowest BCUT2D eigenvalue weighted by Gasteiger charge is -2.63. The van der Waals surface area contributed by atoms with Gasteiger partial charge in [-0.1, -0.05) is 95.3 Å². The number of benzene rings is 3. The fourth-order valence-corrected chi connectivity index (χ4v) is 13.1. The monoisotopic (exact) mass is 821 g/mol. The zero-order valence-corrected chi connectivity index (χ0v) is 38.2. The van der Waals surface area contributed by atoms with Crippen molar-refractivity contribution in [3.8, 4) is 11.5 Å². The second-order valence-corrected chi connectivity index (χ2v) is 25.6. The first-order valence-corrected chi connectivity index (χ1v) is 25.9. The van der Waals surface area contributed by atoms with E-state index in [1.54, 1.807) is 0 Å². The molecule has 0 spiro atoms. The second kappa shape index (κ2) is 18.3. The summed E-state index contributed by atoms with van der Waals surface area (Å²) < 4.78 is 25.5. The summed E-state index contributed by atoms with van der Waals surface area (Å²) in [5, 5.41) is 0.201. The lowest BCUT2D eigenvalue weighted by atomic mass is 9.42. The molecule has 6 nitrogen and oxygen atoms in total. The summed E-state index contributed by atoms with van der Waals surface area (Å²) in [5.41, 5.74) is 3.81. The van der Waals surface area contributed by atoms with Gasteiger partial charge in [-0.2, -0.15) is 0 Å². The summed E-state index contributed by atoms with van der Waals surface area (Å²) in [6.45, 7) is 18.4. The number of carbonyl (C=O) groups excluding carboxylic acids is 2. The van der Waals surface area contributed by atoms with Crippen LogP contribution in [-0.2, 0) is 38.4 Å². The summed E-state index contributed by atoms with van der Waals surface area (Å²) in [5.74, 6) is 5.04. The van der Waals surface area contributed by atoms with Gasteiger partial charge in [0, 0.05) is 25.3 Å². The second-order valence-electron chi connectivity index (χ2n) is 20.8. The minimum absolute atomic E-state index is 0.201. The number of fused-ring (bicyclic) bond motifs is 5. The molecule has 59 heavy (non-hydrogen) atoms. The molecule has 320 valence electrons. The van der Waals surface area contributed by atoms with Crippen molar-refractivity contribution in [2.24, 2.45) is 40.4 Å². The number of hydrogen-bond donors (Lipinski definition) is 0. The maximum absolute atomic E-state index is 13.0. The van der Waals surface area contributed by atoms with E-state index in [4.69, 9.17) is 18.6 Å². The predicted molar refractivity (Wildman–Crippen MR) is 239 cm³/mol. The summed E-state index contributed by atoms with van der Waals surface area (Å²) in [4.78, 5) is 25.4. The SMILES string of the molecule is CC(C)(C)[Si](C)(C)O[C@H]1CC[C@H]2[C@@H]3[C@H](CCCc4cc(OCCCC(=O)OCc5ccccc5)cc(OCc5ccccc5)c4)C[C@H]4CC(=O)CC[C@]4(C)[C@H]3CC[C@]12C. The molecule has 0 N–H and O–H groups in total. The largest absolute Gasteiger partial charge is 0.493 e. The highest BCUT2D eigenvalue weighted by Gasteiger charge is 2.63. The van der Waals surface area contributed by atoms with Crippen molar-refractivity contribution in [2.75, 3.05) is 6.61 Å². The molecule has 0 aliphatic heterocycles. The molecule has 8 atom stereocenters. The molecule has 0 aromatic heterocycles. The van der Waals surface area contributed by atoms with Crippen LogP contribution in [0.5, 0.6) is 11.5 Å². The lowest BCUT2D eigenvalue weighted by molar-refractivity contribution is -0.155. The zero-order valence-electron chi connectivity index (χ0n) is 37.2. The van der Waals surface area contributed by atoms with E-state index in [-0.39, 0.29) is 28.4 Å². The van der Waals surface area contributed by atoms with Crippen LogP contribution >= 0.6 is 0 Å². The molecule has 7 rings (SSSR count). The Morgan fingerprint density at radius 2 is 1.44 bits per heavy atom. The summed E-state index contributed by atoms with van der Waals surface area (Å²) in [7, 11) is -1.91. The Balaban J connectivity index is 1.04. The maximum atomic E-state index is 13.0. The van der Waals surface area contributed by atoms with Gasteiger partial charge in [0.1, 0.15) is 30.5 Å². The van der Waals surface area contributed by atoms with Gasteiger partial charge in [0.2, 0.25) is 0 Å². The van der Waals surface area contributed by atoms with Gasteiger partial charge in [-0.15, -0.1) is 0 Å². The standard InChI is InChI=1S/C52H72O6Si/c1-50(2,3)59(6,7)58-47-24-23-45-49-40(32-41-33-42(53)25-27-51(41,4)46(49)26-28-52(45,47)5)21-14-20-39-30-43(34-44(31-39)56-35-37-16-10-8-11-17-37)55-29-15-22-48(54)57-36-38-18-12-9-13-19-38/h8-13,16-19,30-31,34,40-41,45-47,49H,14-15,20-29,32-33,35-36H2,1-7H3/t40-,41+,45+,46+,47+,49+,51+,52+/m1/s1. The number of ether oxygens (including phenoxy) is 3. The van der Waals surface area contributed by atoms with Crippen LogP contribution in [0.4, 0.5) is 0 Å². The van der Waals surface area contributed by atoms with Crippen LogP contribution in [0.15, 0.2) is 78.9 Å². The molecule has 0 unspecified atom stereocenters. The molecule has 0 heterocycles. The summed E-state index contributed by atoms with van der Waals surface area (Å²) in [6, 6.07) is 26.4. The Morgan fingerprint density at radius 3 is 2.14 bits per heavy atom. The third-order valence-electron chi connectivity index (χ3n) is 16.1. The van der Waals surface area contributed by atoms with Gasteiger partial charge in [0.05, 0.1) is 12.7 Å². The first-order chi connectivity index (χ1) is 28.1. The molecule has 4 aliphatic carbocycles. The first kappa shape index (κ1) is 43.7. The molecule has 0 amide bonds. The van der Waals surface area contributed by atoms with Crippen LogP contribution in [0, 0.1) is 40.4 Å². The normalized spacial score (nSPS) is 29.2. The van der Waals surface area contributed by atoms with E-state index in [0.29, 0.717) is 67.5 Å². The molecular weight excluding hydrogens is 749 g/mol. The van der Waals surface area contributed by atoms with E-state index >= 15 is 0 Å². The van der Waals surface area contributed by atoms with E-state index < -0.39 is 8.32 Å². The smallest absolute Gasteiger partial charge is 0.306 e. The van der Waals surface area contributed by atoms with Gasteiger partial charge in [0.15, 0.2) is 8.32 Å². The van der Waals surface area contributed by atoms with Crippen LogP contribution in [-0.4, -0.2) is 32.8 Å². The quantitative estimate of drug-likeness (QED) is 0.0814. The van der Waals surface area contributed by atoms with E-state index in [2.05, 4.69) is 72.0 Å². The highest BCUT2D eigenvalue weighted by atomic mass is 28.4. The average molecular weight is 821 g/mol. The molecule has 7 heteroatoms. The minimum atomic E-state index is -1.91. The summed E-state index contributed by atoms with van der Waals surface area (Å²) in [6.07, 6.45) is 13.3. The fraction of sp³-hybridized carbons (Fsp3) is 0.615. The van der Waals surface area contributed by atoms with Crippen molar-refractivity contribution in [3.63, 3.8) is 0 Å². The zero-order chi connectivity index (χ0) is 41.8. The molecule has 3 aromatic carbocycles. The van der Waals surface area contributed by atoms with Crippen LogP contribution in [0.25, 0.3) is 0 Å². The van der Waals surface area contributed by atoms with Crippen molar-refractivity contribution < 1.29 is 28.2 Å². The Kier molecular flexibility index (Phi) is 13.5. The van der Waals surface area contributed by atoms with Gasteiger partial charge < -0.3 is 18.6 Å². The van der Waals surface area contributed by atoms with E-state index in [1.807, 2.05) is 54.6 Å². The van der Waals surface area contributed by atoms with Crippen LogP contribution in [0.3, 0.4) is 0 Å². The van der Waals surface area contributed by atoms with Gasteiger partial charge in [-0.25, -0.2) is 0 Å². The molecule has 0 bridgehead atoms. The van der Waals surface area contributed by atoms with Gasteiger partial charge in [-0.3, -0.25) is 9.59 Å². The number of carbonyl (C=O) groups is 2. The predicted octanol–water partition coefficient (Wildman–Crippen LogP) is 12.7. The Labute approximate surface area is 356 Å². The summed E-state index contributed by atoms with van der Waals surface area (Å²) >= 11 is 0. The molecule has 4 saturated carbocycles. The highest BCUT2D eigenvalue weighted by molar-refractivity contribution is 6.74. The third kappa shape index (κ3) is 10.0. The van der Waals surface area contributed by atoms with Crippen molar-refractivity contribution in [3.05, 3.63) is 95.6 Å². The first-order valence-electron chi connectivity index (χ1n) is 23.0. The van der Waals surface area contributed by atoms with Crippen LogP contribution < -0.4 is 9.47 Å². The fourth-order valence-electron chi connectivity index (χ4n) is 11.7. The van der Waals surface area contributed by atoms with Crippen molar-refractivity contribution >= 4 is 20.1 Å². The number of ketones is 1. The highest BCUT2D eigenvalue weighted by Crippen LogP contribution is 2.68. The van der Waals surface area contributed by atoms with Crippen molar-refractivity contribution in [1.29, 1.82) is 0 Å². The lowest BCUT2D eigenvalue weighted by Crippen LogP contribution is -2.58. The number of aryl methyl sites for hydroxylation is 1. The Hall–Kier alpha value is -3.42. The molecule has 0 saturated heterocycles. The topological polar surface area (TPSA) is 71.1 Å². The Bertz CT molecular complexity index is 1870. The van der Waals surface area contributed by atoms with E-state index in [0.717, 1.165) is 54.7 Å². The number of hydrogen-bond acceptors (Lipinski definition) is 6. The van der Waals surface area contributed by atoms with E-state index in [1.165, 1.54) is 44.1 Å². The van der Waals surface area contributed by atoms with Gasteiger partial charge in [0.25, 0.3) is 0 Å². The molecule has 4 aliphatic rings. The number of Topliss-reactive ketones (excluding diaryl/α,β-unsaturated/α-hetero) is 1. The van der Waals surface area contributed by atoms with Crippen molar-refractivity contribution in [2.45, 2.75) is 156 Å². The van der Waals surface area contributed by atoms with Crippen LogP contribution in [0.1, 0.15) is 128 Å². The van der Waals surface area contributed by atoms with Crippen molar-refractivity contribution in [1.82, 2.24) is 0 Å². The van der Waals surface area contributed by atoms with Gasteiger partial charge >= 0.3 is 5.97 Å². The molecular formula is C52H72O6Si. The molecule has 0 radical (unpaired) electrons. The number of esters is 1. The average Bonchev–Trinajstić information content (AvgIpc) is 3.53. The molecule has 3 aromatic rings. The van der Waals surface area contributed by atoms with Crippen LogP contribution in [0.2, 0.25) is 18.1 Å².